The van der Waals surface area contributed by atoms with Gasteiger partial charge in [0.15, 0.2) is 0 Å². The van der Waals surface area contributed by atoms with Crippen LogP contribution in [-0.4, -0.2) is 36.2 Å². The topological polar surface area (TPSA) is 45.5 Å². The summed E-state index contributed by atoms with van der Waals surface area (Å²) in [6.07, 6.45) is 3.67. The van der Waals surface area contributed by atoms with Gasteiger partial charge in [-0.1, -0.05) is 29.3 Å². The Morgan fingerprint density at radius 3 is 2.96 bits per heavy atom. The molecule has 0 spiro atoms. The van der Waals surface area contributed by atoms with E-state index in [2.05, 4.69) is 10.2 Å². The van der Waals surface area contributed by atoms with Gasteiger partial charge in [-0.3, -0.25) is 9.69 Å². The molecule has 1 unspecified atom stereocenters. The first kappa shape index (κ1) is 20.6. The van der Waals surface area contributed by atoms with Crippen LogP contribution in [0.25, 0.3) is 0 Å². The van der Waals surface area contributed by atoms with Crippen molar-refractivity contribution >= 4 is 40.9 Å². The number of piperidine rings is 1. The Labute approximate surface area is 174 Å². The maximum Gasteiger partial charge on any atom is 0.224 e. The predicted octanol–water partition coefficient (Wildman–Crippen LogP) is 4.85. The normalized spacial score (nSPS) is 17.8. The number of carbonyl (C=O) groups excluding carboxylic acids is 1. The lowest BCUT2D eigenvalue weighted by atomic mass is 9.96. The summed E-state index contributed by atoms with van der Waals surface area (Å²) in [6, 6.07) is 9.59. The lowest BCUT2D eigenvalue weighted by Crippen LogP contribution is -2.43. The second-order valence-corrected chi connectivity index (χ2v) is 8.67. The number of hydrogen-bond acceptors (Lipinski definition) is 4. The van der Waals surface area contributed by atoms with Crippen LogP contribution in [0.3, 0.4) is 0 Å². The van der Waals surface area contributed by atoms with E-state index >= 15 is 0 Å². The molecule has 2 aromatic rings. The fraction of sp³-hybridized carbons (Fsp3) is 0.450. The summed E-state index contributed by atoms with van der Waals surface area (Å²) in [4.78, 5) is 14.8. The monoisotopic (exact) mass is 426 g/mol. The van der Waals surface area contributed by atoms with Crippen molar-refractivity contribution in [2.45, 2.75) is 25.1 Å². The van der Waals surface area contributed by atoms with Crippen molar-refractivity contribution < 1.29 is 9.21 Å². The highest BCUT2D eigenvalue weighted by Gasteiger charge is 2.25. The van der Waals surface area contributed by atoms with Crippen LogP contribution in [0.2, 0.25) is 10.0 Å². The van der Waals surface area contributed by atoms with E-state index < -0.39 is 0 Å². The number of nitrogens with one attached hydrogen (secondary N) is 1. The highest BCUT2D eigenvalue weighted by atomic mass is 35.5. The zero-order chi connectivity index (χ0) is 19.1. The average Bonchev–Trinajstić information content (AvgIpc) is 3.18. The molecule has 2 heterocycles. The van der Waals surface area contributed by atoms with Crippen LogP contribution in [0.15, 0.2) is 41.0 Å². The molecule has 0 aliphatic carbocycles. The lowest BCUT2D eigenvalue weighted by molar-refractivity contribution is -0.126. The van der Waals surface area contributed by atoms with Crippen molar-refractivity contribution in [3.05, 3.63) is 58.0 Å². The highest BCUT2D eigenvalue weighted by molar-refractivity contribution is 7.98. The van der Waals surface area contributed by atoms with E-state index in [0.29, 0.717) is 16.6 Å². The first-order chi connectivity index (χ1) is 13.1. The molecule has 1 N–H and O–H groups in total. The van der Waals surface area contributed by atoms with Crippen molar-refractivity contribution in [1.29, 1.82) is 0 Å². The first-order valence-electron chi connectivity index (χ1n) is 9.16. The molecule has 0 radical (unpaired) electrons. The number of hydrogen-bond donors (Lipinski definition) is 1. The molecule has 1 aliphatic rings. The SMILES string of the molecule is O=C(NCCSCc1ccco1)C1CCCN(Cc2ccc(Cl)c(Cl)c2)C1. The molecule has 0 bridgehead atoms. The number of furan rings is 1. The quantitative estimate of drug-likeness (QED) is 0.612. The third-order valence-corrected chi connectivity index (χ3v) is 6.36. The third-order valence-electron chi connectivity index (χ3n) is 4.64. The molecule has 1 aliphatic heterocycles. The Morgan fingerprint density at radius 1 is 1.30 bits per heavy atom. The molecule has 1 saturated heterocycles. The van der Waals surface area contributed by atoms with E-state index in [9.17, 15) is 4.79 Å². The van der Waals surface area contributed by atoms with Gasteiger partial charge in [-0.2, -0.15) is 11.8 Å². The van der Waals surface area contributed by atoms with E-state index in [1.807, 2.05) is 30.3 Å². The number of likely N-dealkylation sites (tertiary alicyclic amines) is 1. The van der Waals surface area contributed by atoms with Crippen molar-refractivity contribution in [3.63, 3.8) is 0 Å². The third kappa shape index (κ3) is 6.46. The van der Waals surface area contributed by atoms with E-state index in [0.717, 1.165) is 55.3 Å². The molecule has 3 rings (SSSR count). The molecule has 4 nitrogen and oxygen atoms in total. The van der Waals surface area contributed by atoms with Crippen LogP contribution in [0.5, 0.6) is 0 Å². The minimum atomic E-state index is 0.0524. The molecule has 1 aromatic carbocycles. The fourth-order valence-electron chi connectivity index (χ4n) is 3.27. The minimum absolute atomic E-state index is 0.0524. The largest absolute Gasteiger partial charge is 0.468 e. The molecule has 1 amide bonds. The Balaban J connectivity index is 1.38. The lowest BCUT2D eigenvalue weighted by Gasteiger charge is -2.32. The van der Waals surface area contributed by atoms with Crippen molar-refractivity contribution in [2.75, 3.05) is 25.4 Å². The van der Waals surface area contributed by atoms with Crippen LogP contribution in [-0.2, 0) is 17.1 Å². The fourth-order valence-corrected chi connectivity index (χ4v) is 4.34. The van der Waals surface area contributed by atoms with Gasteiger partial charge >= 0.3 is 0 Å². The van der Waals surface area contributed by atoms with E-state index in [4.69, 9.17) is 27.6 Å². The van der Waals surface area contributed by atoms with E-state index in [1.54, 1.807) is 18.0 Å². The molecule has 146 valence electrons. The zero-order valence-electron chi connectivity index (χ0n) is 15.1. The smallest absolute Gasteiger partial charge is 0.224 e. The van der Waals surface area contributed by atoms with Crippen molar-refractivity contribution in [2.24, 2.45) is 5.92 Å². The zero-order valence-corrected chi connectivity index (χ0v) is 17.5. The summed E-state index contributed by atoms with van der Waals surface area (Å²) in [5.74, 6) is 2.90. The number of thioether (sulfide) groups is 1. The van der Waals surface area contributed by atoms with E-state index in [1.165, 1.54) is 0 Å². The molecular formula is C20H24Cl2N2O2S. The first-order valence-corrected chi connectivity index (χ1v) is 11.1. The summed E-state index contributed by atoms with van der Waals surface area (Å²) in [7, 11) is 0. The summed E-state index contributed by atoms with van der Waals surface area (Å²) in [6.45, 7) is 3.27. The van der Waals surface area contributed by atoms with Gasteiger partial charge in [0.2, 0.25) is 5.91 Å². The maximum atomic E-state index is 12.5. The molecule has 7 heteroatoms. The van der Waals surface area contributed by atoms with Gasteiger partial charge < -0.3 is 9.73 Å². The minimum Gasteiger partial charge on any atom is -0.468 e. The molecule has 1 aromatic heterocycles. The number of amides is 1. The standard InChI is InChI=1S/C20H24Cl2N2O2S/c21-18-6-5-15(11-19(18)22)12-24-8-1-3-16(13-24)20(25)23-7-10-27-14-17-4-2-9-26-17/h2,4-6,9,11,16H,1,3,7-8,10,12-14H2,(H,23,25). The molecular weight excluding hydrogens is 403 g/mol. The van der Waals surface area contributed by atoms with Crippen LogP contribution in [0, 0.1) is 5.92 Å². The van der Waals surface area contributed by atoms with Crippen LogP contribution in [0.4, 0.5) is 0 Å². The number of halogens is 2. The predicted molar refractivity (Wildman–Crippen MR) is 112 cm³/mol. The number of benzene rings is 1. The Bertz CT molecular complexity index is 740. The van der Waals surface area contributed by atoms with Crippen LogP contribution >= 0.6 is 35.0 Å². The molecule has 27 heavy (non-hydrogen) atoms. The summed E-state index contributed by atoms with van der Waals surface area (Å²) < 4.78 is 5.30. The van der Waals surface area contributed by atoms with E-state index in [-0.39, 0.29) is 11.8 Å². The average molecular weight is 427 g/mol. The van der Waals surface area contributed by atoms with Gasteiger partial charge in [-0.25, -0.2) is 0 Å². The molecule has 1 atom stereocenters. The Hall–Kier alpha value is -1.14. The summed E-state index contributed by atoms with van der Waals surface area (Å²) in [5.41, 5.74) is 1.12. The van der Waals surface area contributed by atoms with Crippen LogP contribution < -0.4 is 5.32 Å². The molecule has 0 saturated carbocycles. The number of carbonyl (C=O) groups is 1. The van der Waals surface area contributed by atoms with Gasteiger partial charge in [0.25, 0.3) is 0 Å². The van der Waals surface area contributed by atoms with Gasteiger partial charge in [0.05, 0.1) is 28.0 Å². The maximum absolute atomic E-state index is 12.5. The highest BCUT2D eigenvalue weighted by Crippen LogP contribution is 2.25. The summed E-state index contributed by atoms with van der Waals surface area (Å²) >= 11 is 13.8. The van der Waals surface area contributed by atoms with Crippen LogP contribution in [0.1, 0.15) is 24.2 Å². The number of rotatable bonds is 8. The van der Waals surface area contributed by atoms with Gasteiger partial charge in [-0.05, 0) is 49.2 Å². The summed E-state index contributed by atoms with van der Waals surface area (Å²) in [5, 5.41) is 4.22. The number of nitrogens with zero attached hydrogens (tertiary/aromatic N) is 1. The molecule has 1 fully saturated rings. The Kier molecular flexibility index (Phi) is 7.94. The Morgan fingerprint density at radius 2 is 2.19 bits per heavy atom. The van der Waals surface area contributed by atoms with Gasteiger partial charge in [0.1, 0.15) is 5.76 Å². The van der Waals surface area contributed by atoms with Gasteiger partial charge in [-0.15, -0.1) is 0 Å². The van der Waals surface area contributed by atoms with Crippen molar-refractivity contribution in [1.82, 2.24) is 10.2 Å². The second-order valence-electron chi connectivity index (χ2n) is 6.75. The van der Waals surface area contributed by atoms with Gasteiger partial charge in [0, 0.05) is 25.4 Å². The van der Waals surface area contributed by atoms with Crippen molar-refractivity contribution in [3.8, 4) is 0 Å². The second kappa shape index (κ2) is 10.4.